The first kappa shape index (κ1) is 21.3. The van der Waals surface area contributed by atoms with Gasteiger partial charge < -0.3 is 5.32 Å². The van der Waals surface area contributed by atoms with Crippen LogP contribution in [0, 0.1) is 5.82 Å². The predicted molar refractivity (Wildman–Crippen MR) is 124 cm³/mol. The van der Waals surface area contributed by atoms with Crippen LogP contribution in [-0.4, -0.2) is 21.2 Å². The molecule has 5 nitrogen and oxygen atoms in total. The third kappa shape index (κ3) is 4.55. The van der Waals surface area contributed by atoms with E-state index in [9.17, 15) is 14.0 Å². The number of carbonyl (C=O) groups excluding carboxylic acids is 1. The Hall–Kier alpha value is -2.97. The molecular weight excluding hydrogens is 433 g/mol. The number of halogens is 1. The predicted octanol–water partition coefficient (Wildman–Crippen LogP) is 4.77. The standard InChI is InChI=1S/C23H20FN3O2S2/c1-14(15-6-4-3-5-7-15)25-19(28)13-31-23-26-21-20(22(29)27(23)2)18(12-30-21)16-8-10-17(24)11-9-16/h3-12,14H,13H2,1-2H3,(H,25,28). The molecule has 0 saturated carbocycles. The molecule has 0 radical (unpaired) electrons. The highest BCUT2D eigenvalue weighted by atomic mass is 32.2. The number of hydrogen-bond acceptors (Lipinski definition) is 5. The van der Waals surface area contributed by atoms with E-state index in [4.69, 9.17) is 0 Å². The monoisotopic (exact) mass is 453 g/mol. The van der Waals surface area contributed by atoms with E-state index in [2.05, 4.69) is 10.3 Å². The van der Waals surface area contributed by atoms with Crippen LogP contribution in [0.5, 0.6) is 0 Å². The smallest absolute Gasteiger partial charge is 0.263 e. The van der Waals surface area contributed by atoms with Crippen LogP contribution in [0.25, 0.3) is 21.3 Å². The lowest BCUT2D eigenvalue weighted by Gasteiger charge is -2.14. The molecule has 2 aromatic carbocycles. The molecule has 1 unspecified atom stereocenters. The molecular formula is C23H20FN3O2S2. The van der Waals surface area contributed by atoms with Crippen LogP contribution in [0.3, 0.4) is 0 Å². The molecule has 0 aliphatic heterocycles. The summed E-state index contributed by atoms with van der Waals surface area (Å²) in [6.45, 7) is 1.93. The van der Waals surface area contributed by atoms with Crippen molar-refractivity contribution < 1.29 is 9.18 Å². The summed E-state index contributed by atoms with van der Waals surface area (Å²) < 4.78 is 14.7. The number of aromatic nitrogens is 2. The average molecular weight is 454 g/mol. The molecule has 158 valence electrons. The van der Waals surface area contributed by atoms with Gasteiger partial charge in [-0.2, -0.15) is 0 Å². The number of carbonyl (C=O) groups is 1. The first-order valence-electron chi connectivity index (χ1n) is 9.65. The van der Waals surface area contributed by atoms with Gasteiger partial charge in [0.1, 0.15) is 10.6 Å². The van der Waals surface area contributed by atoms with Gasteiger partial charge in [-0.05, 0) is 30.2 Å². The maximum atomic E-state index is 13.3. The maximum Gasteiger partial charge on any atom is 0.263 e. The molecule has 0 aliphatic rings. The van der Waals surface area contributed by atoms with Crippen LogP contribution < -0.4 is 10.9 Å². The molecule has 4 aromatic rings. The van der Waals surface area contributed by atoms with E-state index in [1.165, 1.54) is 39.8 Å². The van der Waals surface area contributed by atoms with Crippen molar-refractivity contribution in [3.05, 3.63) is 81.7 Å². The van der Waals surface area contributed by atoms with Gasteiger partial charge in [0.15, 0.2) is 5.16 Å². The van der Waals surface area contributed by atoms with E-state index in [1.807, 2.05) is 42.6 Å². The van der Waals surface area contributed by atoms with Gasteiger partial charge in [0.25, 0.3) is 5.56 Å². The molecule has 0 spiro atoms. The number of nitrogens with zero attached hydrogens (tertiary/aromatic N) is 2. The molecule has 1 amide bonds. The SMILES string of the molecule is CC(NC(=O)CSc1nc2scc(-c3ccc(F)cc3)c2c(=O)n1C)c1ccccc1. The number of fused-ring (bicyclic) bond motifs is 1. The van der Waals surface area contributed by atoms with Gasteiger partial charge in [-0.15, -0.1) is 11.3 Å². The van der Waals surface area contributed by atoms with Crippen LogP contribution in [0.15, 0.2) is 69.9 Å². The van der Waals surface area contributed by atoms with Gasteiger partial charge in [0, 0.05) is 18.0 Å². The van der Waals surface area contributed by atoms with Crippen molar-refractivity contribution in [2.24, 2.45) is 7.05 Å². The fraction of sp³-hybridized carbons (Fsp3) is 0.174. The number of hydrogen-bond donors (Lipinski definition) is 1. The third-order valence-corrected chi connectivity index (χ3v) is 6.84. The second-order valence-electron chi connectivity index (χ2n) is 7.08. The third-order valence-electron chi connectivity index (χ3n) is 4.94. The zero-order valence-corrected chi connectivity index (χ0v) is 18.6. The van der Waals surface area contributed by atoms with E-state index in [-0.39, 0.29) is 29.1 Å². The molecule has 1 N–H and O–H groups in total. The second-order valence-corrected chi connectivity index (χ2v) is 8.88. The fourth-order valence-corrected chi connectivity index (χ4v) is 5.03. The molecule has 0 saturated heterocycles. The number of nitrogens with one attached hydrogen (secondary N) is 1. The van der Waals surface area contributed by atoms with E-state index in [0.717, 1.165) is 16.7 Å². The second kappa shape index (κ2) is 9.03. The summed E-state index contributed by atoms with van der Waals surface area (Å²) in [7, 11) is 1.65. The molecule has 31 heavy (non-hydrogen) atoms. The number of amides is 1. The van der Waals surface area contributed by atoms with Crippen LogP contribution in [0.4, 0.5) is 4.39 Å². The minimum absolute atomic E-state index is 0.107. The minimum Gasteiger partial charge on any atom is -0.349 e. The summed E-state index contributed by atoms with van der Waals surface area (Å²) in [5, 5.41) is 5.81. The summed E-state index contributed by atoms with van der Waals surface area (Å²) in [6, 6.07) is 15.7. The Bertz CT molecular complexity index is 1280. The summed E-state index contributed by atoms with van der Waals surface area (Å²) in [4.78, 5) is 30.6. The number of thioether (sulfide) groups is 1. The van der Waals surface area contributed by atoms with Gasteiger partial charge in [-0.3, -0.25) is 14.2 Å². The van der Waals surface area contributed by atoms with Crippen molar-refractivity contribution in [3.63, 3.8) is 0 Å². The molecule has 1 atom stereocenters. The Morgan fingerprint density at radius 3 is 2.61 bits per heavy atom. The van der Waals surface area contributed by atoms with Crippen molar-refractivity contribution in [2.75, 3.05) is 5.75 Å². The highest BCUT2D eigenvalue weighted by molar-refractivity contribution is 7.99. The number of rotatable bonds is 6. The number of thiophene rings is 1. The molecule has 2 aromatic heterocycles. The van der Waals surface area contributed by atoms with Gasteiger partial charge in [0.2, 0.25) is 5.91 Å². The van der Waals surface area contributed by atoms with Gasteiger partial charge in [-0.25, -0.2) is 9.37 Å². The maximum absolute atomic E-state index is 13.3. The summed E-state index contributed by atoms with van der Waals surface area (Å²) >= 11 is 2.59. The molecule has 0 aliphatic carbocycles. The van der Waals surface area contributed by atoms with E-state index in [0.29, 0.717) is 15.4 Å². The van der Waals surface area contributed by atoms with Crippen LogP contribution >= 0.6 is 23.1 Å². The van der Waals surface area contributed by atoms with E-state index in [1.54, 1.807) is 19.2 Å². The van der Waals surface area contributed by atoms with Crippen molar-refractivity contribution >= 4 is 39.2 Å². The highest BCUT2D eigenvalue weighted by Crippen LogP contribution is 2.32. The Morgan fingerprint density at radius 1 is 1.19 bits per heavy atom. The van der Waals surface area contributed by atoms with Crippen molar-refractivity contribution in [2.45, 2.75) is 18.1 Å². The molecule has 0 bridgehead atoms. The molecule has 0 fully saturated rings. The Labute approximate surface area is 187 Å². The Kier molecular flexibility index (Phi) is 6.20. The normalized spacial score (nSPS) is 12.1. The molecule has 2 heterocycles. The lowest BCUT2D eigenvalue weighted by Crippen LogP contribution is -2.28. The Balaban J connectivity index is 1.52. The van der Waals surface area contributed by atoms with Crippen LogP contribution in [0.1, 0.15) is 18.5 Å². The number of benzene rings is 2. The van der Waals surface area contributed by atoms with E-state index >= 15 is 0 Å². The zero-order chi connectivity index (χ0) is 22.0. The minimum atomic E-state index is -0.326. The average Bonchev–Trinajstić information content (AvgIpc) is 3.20. The largest absolute Gasteiger partial charge is 0.349 e. The summed E-state index contributed by atoms with van der Waals surface area (Å²) in [5.74, 6) is -0.305. The Morgan fingerprint density at radius 2 is 1.90 bits per heavy atom. The highest BCUT2D eigenvalue weighted by Gasteiger charge is 2.17. The summed E-state index contributed by atoms with van der Waals surface area (Å²) in [6.07, 6.45) is 0. The van der Waals surface area contributed by atoms with Gasteiger partial charge in [0.05, 0.1) is 17.2 Å². The van der Waals surface area contributed by atoms with Gasteiger partial charge in [-0.1, -0.05) is 54.2 Å². The van der Waals surface area contributed by atoms with Crippen LogP contribution in [0.2, 0.25) is 0 Å². The van der Waals surface area contributed by atoms with Crippen molar-refractivity contribution in [1.82, 2.24) is 14.9 Å². The van der Waals surface area contributed by atoms with Crippen molar-refractivity contribution in [1.29, 1.82) is 0 Å². The lowest BCUT2D eigenvalue weighted by molar-refractivity contribution is -0.119. The van der Waals surface area contributed by atoms with Crippen molar-refractivity contribution in [3.8, 4) is 11.1 Å². The first-order chi connectivity index (χ1) is 14.9. The first-order valence-corrected chi connectivity index (χ1v) is 11.5. The van der Waals surface area contributed by atoms with Crippen LogP contribution in [-0.2, 0) is 11.8 Å². The molecule has 8 heteroatoms. The quantitative estimate of drug-likeness (QED) is 0.337. The lowest BCUT2D eigenvalue weighted by atomic mass is 10.1. The topological polar surface area (TPSA) is 64.0 Å². The molecule has 4 rings (SSSR count). The van der Waals surface area contributed by atoms with E-state index < -0.39 is 0 Å². The fourth-order valence-electron chi connectivity index (χ4n) is 3.26. The zero-order valence-electron chi connectivity index (χ0n) is 17.0. The van der Waals surface area contributed by atoms with Gasteiger partial charge >= 0.3 is 0 Å². The summed E-state index contributed by atoms with van der Waals surface area (Å²) in [5.41, 5.74) is 2.34.